The Kier molecular flexibility index (Phi) is 2.49. The van der Waals surface area contributed by atoms with Gasteiger partial charge in [-0.05, 0) is 43.0 Å². The van der Waals surface area contributed by atoms with Gasteiger partial charge in [0, 0.05) is 4.70 Å². The number of ether oxygens (including phenoxy) is 1. The number of benzene rings is 1. The lowest BCUT2D eigenvalue weighted by Crippen LogP contribution is -1.85. The Morgan fingerprint density at radius 3 is 2.67 bits per heavy atom. The van der Waals surface area contributed by atoms with E-state index in [1.807, 2.05) is 19.1 Å². The van der Waals surface area contributed by atoms with Crippen LogP contribution in [0.3, 0.4) is 0 Å². The van der Waals surface area contributed by atoms with Crippen molar-refractivity contribution in [3.63, 3.8) is 0 Å². The molecule has 2 rings (SSSR count). The average molecular weight is 220 g/mol. The Balaban J connectivity index is 2.66. The van der Waals surface area contributed by atoms with Crippen molar-refractivity contribution < 1.29 is 9.53 Å². The second kappa shape index (κ2) is 3.66. The lowest BCUT2D eigenvalue weighted by molar-refractivity contribution is 0.102. The molecule has 0 N–H and O–H groups in total. The highest BCUT2D eigenvalue weighted by atomic mass is 32.1. The quantitative estimate of drug-likeness (QED) is 0.725. The van der Waals surface area contributed by atoms with Gasteiger partial charge in [-0.2, -0.15) is 0 Å². The van der Waals surface area contributed by atoms with Gasteiger partial charge in [-0.15, -0.1) is 11.3 Å². The van der Waals surface area contributed by atoms with E-state index in [4.69, 9.17) is 4.74 Å². The molecule has 78 valence electrons. The minimum Gasteiger partial charge on any atom is -0.496 e. The first-order chi connectivity index (χ1) is 7.11. The molecule has 0 aliphatic rings. The van der Waals surface area contributed by atoms with E-state index >= 15 is 0 Å². The molecular weight excluding hydrogens is 208 g/mol. The van der Waals surface area contributed by atoms with Crippen molar-refractivity contribution in [1.29, 1.82) is 0 Å². The van der Waals surface area contributed by atoms with Crippen molar-refractivity contribution in [2.75, 3.05) is 7.11 Å². The molecule has 0 aliphatic heterocycles. The van der Waals surface area contributed by atoms with Crippen LogP contribution < -0.4 is 4.74 Å². The van der Waals surface area contributed by atoms with E-state index < -0.39 is 0 Å². The largest absolute Gasteiger partial charge is 0.496 e. The van der Waals surface area contributed by atoms with Crippen LogP contribution in [0.2, 0.25) is 0 Å². The molecule has 2 nitrogen and oxygen atoms in total. The first-order valence-corrected chi connectivity index (χ1v) is 5.52. The number of carbonyl (C=O) groups excluding carboxylic acids is 1. The van der Waals surface area contributed by atoms with E-state index in [-0.39, 0.29) is 5.78 Å². The summed E-state index contributed by atoms with van der Waals surface area (Å²) in [5, 5.41) is 1.11. The number of methoxy groups -OCH3 is 1. The maximum absolute atomic E-state index is 11.2. The van der Waals surface area contributed by atoms with Crippen molar-refractivity contribution in [2.45, 2.75) is 13.8 Å². The second-order valence-corrected chi connectivity index (χ2v) is 4.61. The maximum Gasteiger partial charge on any atom is 0.169 e. The van der Waals surface area contributed by atoms with Crippen LogP contribution in [-0.2, 0) is 0 Å². The van der Waals surface area contributed by atoms with Crippen molar-refractivity contribution in [2.24, 2.45) is 0 Å². The molecule has 1 heterocycles. The molecule has 1 aromatic heterocycles. The van der Waals surface area contributed by atoms with Crippen LogP contribution in [0, 0.1) is 6.92 Å². The molecule has 0 unspecified atom stereocenters. The van der Waals surface area contributed by atoms with Gasteiger partial charge in [-0.3, -0.25) is 4.79 Å². The van der Waals surface area contributed by atoms with Gasteiger partial charge in [0.2, 0.25) is 0 Å². The highest BCUT2D eigenvalue weighted by Crippen LogP contribution is 2.31. The number of rotatable bonds is 2. The van der Waals surface area contributed by atoms with E-state index in [1.165, 1.54) is 11.3 Å². The lowest BCUT2D eigenvalue weighted by Gasteiger charge is -2.03. The van der Waals surface area contributed by atoms with Crippen LogP contribution in [0.4, 0.5) is 0 Å². The van der Waals surface area contributed by atoms with Gasteiger partial charge in [0.05, 0.1) is 12.0 Å². The fraction of sp³-hybridized carbons (Fsp3) is 0.250. The number of hydrogen-bond donors (Lipinski definition) is 0. The molecule has 15 heavy (non-hydrogen) atoms. The van der Waals surface area contributed by atoms with Crippen LogP contribution >= 0.6 is 11.3 Å². The van der Waals surface area contributed by atoms with E-state index in [0.717, 1.165) is 26.3 Å². The Morgan fingerprint density at radius 1 is 1.33 bits per heavy atom. The standard InChI is InChI=1S/C12H12O2S/c1-7-4-9-5-11(8(2)13)15-12(9)6-10(7)14-3/h4-6H,1-3H3. The Bertz CT molecular complexity index is 526. The normalized spacial score (nSPS) is 10.6. The summed E-state index contributed by atoms with van der Waals surface area (Å²) in [5.41, 5.74) is 1.10. The molecule has 0 bridgehead atoms. The topological polar surface area (TPSA) is 26.3 Å². The Hall–Kier alpha value is -1.35. The van der Waals surface area contributed by atoms with Crippen LogP contribution in [0.1, 0.15) is 22.2 Å². The van der Waals surface area contributed by atoms with Crippen molar-refractivity contribution in [3.05, 3.63) is 28.6 Å². The highest BCUT2D eigenvalue weighted by molar-refractivity contribution is 7.20. The van der Waals surface area contributed by atoms with Crippen LogP contribution in [0.25, 0.3) is 10.1 Å². The predicted octanol–water partition coefficient (Wildman–Crippen LogP) is 3.42. The third-order valence-electron chi connectivity index (χ3n) is 2.38. The first kappa shape index (κ1) is 10.2. The number of fused-ring (bicyclic) bond motifs is 1. The van der Waals surface area contributed by atoms with Crippen molar-refractivity contribution >= 4 is 27.2 Å². The molecule has 0 fully saturated rings. The Morgan fingerprint density at radius 2 is 2.07 bits per heavy atom. The zero-order chi connectivity index (χ0) is 11.0. The number of hydrogen-bond acceptors (Lipinski definition) is 3. The van der Waals surface area contributed by atoms with Gasteiger partial charge < -0.3 is 4.74 Å². The summed E-state index contributed by atoms with van der Waals surface area (Å²) in [6, 6.07) is 5.98. The van der Waals surface area contributed by atoms with Crippen molar-refractivity contribution in [1.82, 2.24) is 0 Å². The fourth-order valence-electron chi connectivity index (χ4n) is 1.58. The van der Waals surface area contributed by atoms with Crippen LogP contribution in [-0.4, -0.2) is 12.9 Å². The molecule has 0 atom stereocenters. The van der Waals surface area contributed by atoms with Gasteiger partial charge in [-0.25, -0.2) is 0 Å². The summed E-state index contributed by atoms with van der Waals surface area (Å²) in [6.07, 6.45) is 0. The summed E-state index contributed by atoms with van der Waals surface area (Å²) in [7, 11) is 1.66. The summed E-state index contributed by atoms with van der Waals surface area (Å²) in [4.78, 5) is 12.0. The zero-order valence-electron chi connectivity index (χ0n) is 8.96. The molecular formula is C12H12O2S. The van der Waals surface area contributed by atoms with E-state index in [2.05, 4.69) is 6.07 Å². The number of ketones is 1. The number of carbonyl (C=O) groups is 1. The van der Waals surface area contributed by atoms with E-state index in [9.17, 15) is 4.79 Å². The zero-order valence-corrected chi connectivity index (χ0v) is 9.77. The van der Waals surface area contributed by atoms with Gasteiger partial charge >= 0.3 is 0 Å². The van der Waals surface area contributed by atoms with Crippen LogP contribution in [0.5, 0.6) is 5.75 Å². The van der Waals surface area contributed by atoms with Crippen molar-refractivity contribution in [3.8, 4) is 5.75 Å². The number of thiophene rings is 1. The SMILES string of the molecule is COc1cc2sc(C(C)=O)cc2cc1C. The molecule has 0 amide bonds. The van der Waals surface area contributed by atoms with Gasteiger partial charge in [0.25, 0.3) is 0 Å². The van der Waals surface area contributed by atoms with Crippen LogP contribution in [0.15, 0.2) is 18.2 Å². The molecule has 1 aromatic carbocycles. The molecule has 0 spiro atoms. The molecule has 0 aliphatic carbocycles. The summed E-state index contributed by atoms with van der Waals surface area (Å²) in [5.74, 6) is 0.993. The van der Waals surface area contributed by atoms with Gasteiger partial charge in [0.1, 0.15) is 5.75 Å². The molecule has 2 aromatic rings. The lowest BCUT2D eigenvalue weighted by atomic mass is 10.1. The highest BCUT2D eigenvalue weighted by Gasteiger charge is 2.08. The van der Waals surface area contributed by atoms with E-state index in [1.54, 1.807) is 14.0 Å². The number of Topliss-reactive ketones (excluding diaryl/α,β-unsaturated/α-hetero) is 1. The maximum atomic E-state index is 11.2. The first-order valence-electron chi connectivity index (χ1n) is 4.71. The average Bonchev–Trinajstić information content (AvgIpc) is 2.59. The summed E-state index contributed by atoms with van der Waals surface area (Å²) >= 11 is 1.51. The van der Waals surface area contributed by atoms with E-state index in [0.29, 0.717) is 0 Å². The fourth-order valence-corrected chi connectivity index (χ4v) is 2.54. The Labute approximate surface area is 92.5 Å². The smallest absolute Gasteiger partial charge is 0.169 e. The molecule has 0 saturated carbocycles. The second-order valence-electron chi connectivity index (χ2n) is 3.53. The minimum absolute atomic E-state index is 0.118. The third kappa shape index (κ3) is 1.75. The molecule has 3 heteroatoms. The summed E-state index contributed by atoms with van der Waals surface area (Å²) in [6.45, 7) is 3.60. The third-order valence-corrected chi connectivity index (χ3v) is 3.58. The number of aryl methyl sites for hydroxylation is 1. The van der Waals surface area contributed by atoms with Gasteiger partial charge in [-0.1, -0.05) is 0 Å². The minimum atomic E-state index is 0.118. The molecule has 0 radical (unpaired) electrons. The predicted molar refractivity (Wildman–Crippen MR) is 63.1 cm³/mol. The monoisotopic (exact) mass is 220 g/mol. The van der Waals surface area contributed by atoms with Gasteiger partial charge in [0.15, 0.2) is 5.78 Å². The molecule has 0 saturated heterocycles. The summed E-state index contributed by atoms with van der Waals surface area (Å²) < 4.78 is 6.34.